The molecule has 4 rings (SSSR count). The number of carbonyl (C=O) groups is 1. The number of hydrogen-bond donors (Lipinski definition) is 0. The molecule has 7 nitrogen and oxygen atoms in total. The van der Waals surface area contributed by atoms with Crippen LogP contribution in [0.4, 0.5) is 0 Å². The maximum atomic E-state index is 13.1. The summed E-state index contributed by atoms with van der Waals surface area (Å²) in [5.74, 6) is -0.0679. The number of fused-ring (bicyclic) bond motifs is 1. The second-order valence-corrected chi connectivity index (χ2v) is 7.51. The minimum atomic E-state index is -0.0679. The Balaban J connectivity index is 1.55. The molecule has 0 aliphatic carbocycles. The smallest absolute Gasteiger partial charge is 0.255 e. The van der Waals surface area contributed by atoms with Gasteiger partial charge in [0.25, 0.3) is 5.91 Å². The summed E-state index contributed by atoms with van der Waals surface area (Å²) in [6.07, 6.45) is 5.50. The average molecular weight is 388 g/mol. The highest BCUT2D eigenvalue weighted by molar-refractivity contribution is 5.98. The highest BCUT2D eigenvalue weighted by Gasteiger charge is 2.19. The van der Waals surface area contributed by atoms with E-state index < -0.39 is 0 Å². The predicted molar refractivity (Wildman–Crippen MR) is 112 cm³/mol. The second kappa shape index (κ2) is 7.50. The van der Waals surface area contributed by atoms with Gasteiger partial charge in [-0.2, -0.15) is 10.2 Å². The third-order valence-corrected chi connectivity index (χ3v) is 4.90. The lowest BCUT2D eigenvalue weighted by Crippen LogP contribution is -2.27. The van der Waals surface area contributed by atoms with Crippen LogP contribution in [0.2, 0.25) is 0 Å². The fourth-order valence-corrected chi connectivity index (χ4v) is 3.38. The Morgan fingerprint density at radius 1 is 1.14 bits per heavy atom. The summed E-state index contributed by atoms with van der Waals surface area (Å²) in [4.78, 5) is 19.4. The topological polar surface area (TPSA) is 68.8 Å². The van der Waals surface area contributed by atoms with E-state index in [1.54, 1.807) is 24.3 Å². The summed E-state index contributed by atoms with van der Waals surface area (Å²) < 4.78 is 3.69. The zero-order valence-electron chi connectivity index (χ0n) is 17.1. The van der Waals surface area contributed by atoms with Crippen molar-refractivity contribution in [1.29, 1.82) is 0 Å². The van der Waals surface area contributed by atoms with Gasteiger partial charge < -0.3 is 4.90 Å². The van der Waals surface area contributed by atoms with Gasteiger partial charge >= 0.3 is 0 Å². The van der Waals surface area contributed by atoms with Gasteiger partial charge in [-0.05, 0) is 39.0 Å². The SMILES string of the molecule is Cc1nc2c(cnn2C(C)C)cc1C(=O)N(C)Cc1cnn(-c2ccccc2)c1. The Kier molecular flexibility index (Phi) is 4.88. The van der Waals surface area contributed by atoms with Crippen molar-refractivity contribution >= 4 is 16.9 Å². The highest BCUT2D eigenvalue weighted by Crippen LogP contribution is 2.21. The Bertz CT molecular complexity index is 1160. The van der Waals surface area contributed by atoms with Crippen molar-refractivity contribution in [2.75, 3.05) is 7.05 Å². The number of benzene rings is 1. The van der Waals surface area contributed by atoms with E-state index in [1.807, 2.05) is 58.9 Å². The van der Waals surface area contributed by atoms with Crippen molar-refractivity contribution in [2.24, 2.45) is 0 Å². The molecule has 0 radical (unpaired) electrons. The van der Waals surface area contributed by atoms with Gasteiger partial charge in [0.2, 0.25) is 0 Å². The molecule has 0 saturated heterocycles. The summed E-state index contributed by atoms with van der Waals surface area (Å²) in [5.41, 5.74) is 4.06. The van der Waals surface area contributed by atoms with Gasteiger partial charge in [-0.15, -0.1) is 0 Å². The van der Waals surface area contributed by atoms with Crippen molar-refractivity contribution in [3.8, 4) is 5.69 Å². The average Bonchev–Trinajstić information content (AvgIpc) is 3.34. The lowest BCUT2D eigenvalue weighted by Gasteiger charge is -2.17. The maximum Gasteiger partial charge on any atom is 0.255 e. The third kappa shape index (κ3) is 3.63. The predicted octanol–water partition coefficient (Wildman–Crippen LogP) is 3.78. The van der Waals surface area contributed by atoms with E-state index in [0.29, 0.717) is 17.8 Å². The molecular weight excluding hydrogens is 364 g/mol. The van der Waals surface area contributed by atoms with Crippen LogP contribution in [0.3, 0.4) is 0 Å². The van der Waals surface area contributed by atoms with Crippen molar-refractivity contribution < 1.29 is 4.79 Å². The van der Waals surface area contributed by atoms with Crippen molar-refractivity contribution in [2.45, 2.75) is 33.4 Å². The standard InChI is InChI=1S/C22H24N6O/c1-15(2)28-21-18(12-24-28)10-20(16(3)25-21)22(29)26(4)13-17-11-23-27(14-17)19-8-6-5-7-9-19/h5-12,14-15H,13H2,1-4H3. The number of aromatic nitrogens is 5. The number of nitrogens with zero attached hydrogens (tertiary/aromatic N) is 6. The van der Waals surface area contributed by atoms with Crippen LogP contribution in [-0.4, -0.2) is 42.4 Å². The molecule has 1 aromatic carbocycles. The normalized spacial score (nSPS) is 11.3. The molecular formula is C22H24N6O. The number of amides is 1. The lowest BCUT2D eigenvalue weighted by atomic mass is 10.1. The largest absolute Gasteiger partial charge is 0.337 e. The third-order valence-electron chi connectivity index (χ3n) is 4.90. The molecule has 3 heterocycles. The van der Waals surface area contributed by atoms with E-state index in [1.165, 1.54) is 0 Å². The summed E-state index contributed by atoms with van der Waals surface area (Å²) >= 11 is 0. The first-order valence-electron chi connectivity index (χ1n) is 9.63. The minimum Gasteiger partial charge on any atom is -0.337 e. The molecule has 0 aliphatic heterocycles. The van der Waals surface area contributed by atoms with E-state index in [2.05, 4.69) is 29.0 Å². The molecule has 0 unspecified atom stereocenters. The molecule has 0 aliphatic rings. The van der Waals surface area contributed by atoms with Crippen molar-refractivity contribution in [1.82, 2.24) is 29.4 Å². The molecule has 7 heteroatoms. The first-order chi connectivity index (χ1) is 13.9. The molecule has 0 fully saturated rings. The van der Waals surface area contributed by atoms with Crippen LogP contribution >= 0.6 is 0 Å². The maximum absolute atomic E-state index is 13.1. The Morgan fingerprint density at radius 2 is 1.90 bits per heavy atom. The number of hydrogen-bond acceptors (Lipinski definition) is 4. The van der Waals surface area contributed by atoms with E-state index in [0.717, 1.165) is 22.3 Å². The van der Waals surface area contributed by atoms with Gasteiger partial charge in [-0.1, -0.05) is 18.2 Å². The molecule has 3 aromatic heterocycles. The Labute approximate surface area is 169 Å². The van der Waals surface area contributed by atoms with Gasteiger partial charge in [0.15, 0.2) is 5.65 Å². The summed E-state index contributed by atoms with van der Waals surface area (Å²) in [5, 5.41) is 9.68. The summed E-state index contributed by atoms with van der Waals surface area (Å²) in [7, 11) is 1.80. The molecule has 0 atom stereocenters. The van der Waals surface area contributed by atoms with E-state index >= 15 is 0 Å². The van der Waals surface area contributed by atoms with Crippen LogP contribution in [0.5, 0.6) is 0 Å². The first-order valence-corrected chi connectivity index (χ1v) is 9.63. The Morgan fingerprint density at radius 3 is 2.62 bits per heavy atom. The molecule has 1 amide bonds. The van der Waals surface area contributed by atoms with Gasteiger partial charge in [-0.25, -0.2) is 14.3 Å². The number of aryl methyl sites for hydroxylation is 1. The highest BCUT2D eigenvalue weighted by atomic mass is 16.2. The molecule has 4 aromatic rings. The van der Waals surface area contributed by atoms with E-state index in [-0.39, 0.29) is 11.9 Å². The molecule has 0 N–H and O–H groups in total. The van der Waals surface area contributed by atoms with Crippen LogP contribution in [0.15, 0.2) is 55.0 Å². The number of para-hydroxylation sites is 1. The van der Waals surface area contributed by atoms with Gasteiger partial charge in [0, 0.05) is 36.8 Å². The van der Waals surface area contributed by atoms with Crippen LogP contribution in [0, 0.1) is 6.92 Å². The molecule has 0 bridgehead atoms. The van der Waals surface area contributed by atoms with E-state index in [4.69, 9.17) is 0 Å². The first kappa shape index (κ1) is 18.9. The number of pyridine rings is 1. The minimum absolute atomic E-state index is 0.0679. The van der Waals surface area contributed by atoms with Gasteiger partial charge in [0.1, 0.15) is 0 Å². The zero-order chi connectivity index (χ0) is 20.5. The molecule has 0 saturated carbocycles. The fourth-order valence-electron chi connectivity index (χ4n) is 3.38. The summed E-state index contributed by atoms with van der Waals surface area (Å²) in [6.45, 7) is 6.46. The van der Waals surface area contributed by atoms with Crippen LogP contribution in [-0.2, 0) is 6.54 Å². The summed E-state index contributed by atoms with van der Waals surface area (Å²) in [6, 6.07) is 12.0. The molecule has 29 heavy (non-hydrogen) atoms. The fraction of sp³-hybridized carbons (Fsp3) is 0.273. The van der Waals surface area contributed by atoms with Crippen LogP contribution in [0.1, 0.15) is 41.5 Å². The molecule has 0 spiro atoms. The van der Waals surface area contributed by atoms with Crippen molar-refractivity contribution in [3.63, 3.8) is 0 Å². The number of carbonyl (C=O) groups excluding carboxylic acids is 1. The second-order valence-electron chi connectivity index (χ2n) is 7.51. The van der Waals surface area contributed by atoms with Crippen LogP contribution in [0.25, 0.3) is 16.7 Å². The van der Waals surface area contributed by atoms with E-state index in [9.17, 15) is 4.79 Å². The zero-order valence-corrected chi connectivity index (χ0v) is 17.1. The lowest BCUT2D eigenvalue weighted by molar-refractivity contribution is 0.0784. The Hall–Kier alpha value is -3.48. The van der Waals surface area contributed by atoms with Crippen molar-refractivity contribution in [3.05, 3.63) is 71.8 Å². The number of rotatable bonds is 5. The van der Waals surface area contributed by atoms with Gasteiger partial charge in [-0.3, -0.25) is 4.79 Å². The quantitative estimate of drug-likeness (QED) is 0.522. The monoisotopic (exact) mass is 388 g/mol. The van der Waals surface area contributed by atoms with Gasteiger partial charge in [0.05, 0.1) is 29.3 Å². The molecule has 148 valence electrons. The van der Waals surface area contributed by atoms with Crippen LogP contribution < -0.4 is 0 Å².